The first-order valence-corrected chi connectivity index (χ1v) is 11.2. The van der Waals surface area contributed by atoms with Gasteiger partial charge in [0.2, 0.25) is 11.8 Å². The van der Waals surface area contributed by atoms with Crippen molar-refractivity contribution in [3.8, 4) is 11.1 Å². The molecule has 0 aliphatic heterocycles. The number of benzene rings is 3. The number of nitrogens with zero attached hydrogens (tertiary/aromatic N) is 2. The lowest BCUT2D eigenvalue weighted by Gasteiger charge is -2.24. The summed E-state index contributed by atoms with van der Waals surface area (Å²) in [4.78, 5) is 30.3. The number of aromatic nitrogens is 1. The van der Waals surface area contributed by atoms with E-state index in [1.54, 1.807) is 35.5 Å². The summed E-state index contributed by atoms with van der Waals surface area (Å²) in [5.41, 5.74) is 6.81. The average Bonchev–Trinajstić information content (AvgIpc) is 2.85. The number of carbonyl (C=O) groups excluding carboxylic acids is 2. The van der Waals surface area contributed by atoms with Gasteiger partial charge >= 0.3 is 0 Å². The number of rotatable bonds is 7. The van der Waals surface area contributed by atoms with Crippen LogP contribution in [0.15, 0.2) is 104 Å². The van der Waals surface area contributed by atoms with E-state index in [9.17, 15) is 9.59 Å². The molecule has 0 atom stereocenters. The predicted octanol–water partition coefficient (Wildman–Crippen LogP) is 6.61. The summed E-state index contributed by atoms with van der Waals surface area (Å²) >= 11 is 0. The van der Waals surface area contributed by atoms with Crippen LogP contribution in [0.25, 0.3) is 11.1 Å². The summed E-state index contributed by atoms with van der Waals surface area (Å²) in [6.45, 7) is 7.07. The van der Waals surface area contributed by atoms with Gasteiger partial charge in [0.1, 0.15) is 0 Å². The van der Waals surface area contributed by atoms with Gasteiger partial charge in [-0.15, -0.1) is 0 Å². The fourth-order valence-corrected chi connectivity index (χ4v) is 3.81. The molecule has 1 aromatic heterocycles. The Kier molecular flexibility index (Phi) is 7.02. The third-order valence-electron chi connectivity index (χ3n) is 5.43. The largest absolute Gasteiger partial charge is 0.354 e. The summed E-state index contributed by atoms with van der Waals surface area (Å²) < 4.78 is 0. The van der Waals surface area contributed by atoms with Crippen LogP contribution in [-0.2, 0) is 9.59 Å². The van der Waals surface area contributed by atoms with Crippen molar-refractivity contribution in [1.82, 2.24) is 4.98 Å². The Morgan fingerprint density at radius 1 is 0.914 bits per heavy atom. The monoisotopic (exact) mass is 462 g/mol. The average molecular weight is 463 g/mol. The van der Waals surface area contributed by atoms with Crippen LogP contribution < -0.4 is 15.5 Å². The number of aryl methyl sites for hydroxylation is 1. The van der Waals surface area contributed by atoms with Crippen LogP contribution in [0.2, 0.25) is 0 Å². The van der Waals surface area contributed by atoms with Crippen molar-refractivity contribution in [2.75, 3.05) is 15.5 Å². The Labute approximate surface area is 205 Å². The molecular formula is C29H26N4O2. The van der Waals surface area contributed by atoms with E-state index in [0.717, 1.165) is 22.5 Å². The van der Waals surface area contributed by atoms with Gasteiger partial charge in [-0.2, -0.15) is 0 Å². The van der Waals surface area contributed by atoms with E-state index in [1.165, 1.54) is 18.6 Å². The molecule has 1 heterocycles. The molecule has 4 aromatic rings. The minimum Gasteiger partial charge on any atom is -0.354 e. The van der Waals surface area contributed by atoms with Crippen LogP contribution in [0.3, 0.4) is 0 Å². The molecule has 0 unspecified atom stereocenters. The maximum absolute atomic E-state index is 12.8. The predicted molar refractivity (Wildman–Crippen MR) is 142 cm³/mol. The molecule has 2 N–H and O–H groups in total. The quantitative estimate of drug-likeness (QED) is 0.303. The molecule has 174 valence electrons. The van der Waals surface area contributed by atoms with E-state index < -0.39 is 0 Å². The Balaban J connectivity index is 1.65. The fourth-order valence-electron chi connectivity index (χ4n) is 3.81. The second-order valence-electron chi connectivity index (χ2n) is 8.06. The zero-order chi connectivity index (χ0) is 24.8. The number of hydrogen-bond acceptors (Lipinski definition) is 4. The Morgan fingerprint density at radius 3 is 2.37 bits per heavy atom. The van der Waals surface area contributed by atoms with Gasteiger partial charge in [-0.05, 0) is 60.5 Å². The number of pyridine rings is 1. The van der Waals surface area contributed by atoms with E-state index >= 15 is 0 Å². The smallest absolute Gasteiger partial charge is 0.247 e. The molecule has 0 saturated carbocycles. The van der Waals surface area contributed by atoms with E-state index in [-0.39, 0.29) is 11.8 Å². The minimum atomic E-state index is -0.288. The molecule has 6 heteroatoms. The van der Waals surface area contributed by atoms with Crippen molar-refractivity contribution in [2.24, 2.45) is 0 Å². The second-order valence-corrected chi connectivity index (χ2v) is 8.06. The van der Waals surface area contributed by atoms with Gasteiger partial charge < -0.3 is 10.6 Å². The van der Waals surface area contributed by atoms with E-state index in [4.69, 9.17) is 0 Å². The second kappa shape index (κ2) is 10.5. The van der Waals surface area contributed by atoms with Gasteiger partial charge in [0.05, 0.1) is 17.6 Å². The lowest BCUT2D eigenvalue weighted by atomic mass is 10.0. The van der Waals surface area contributed by atoms with Crippen molar-refractivity contribution in [2.45, 2.75) is 13.8 Å². The number of hydrogen-bond donors (Lipinski definition) is 2. The fraction of sp³-hybridized carbons (Fsp3) is 0.0690. The van der Waals surface area contributed by atoms with Crippen LogP contribution in [0, 0.1) is 6.92 Å². The number of nitrogens with one attached hydrogen (secondary N) is 2. The first-order valence-electron chi connectivity index (χ1n) is 11.2. The molecule has 2 amide bonds. The highest BCUT2D eigenvalue weighted by Gasteiger charge is 2.18. The van der Waals surface area contributed by atoms with E-state index in [0.29, 0.717) is 17.1 Å². The van der Waals surface area contributed by atoms with Crippen molar-refractivity contribution in [3.63, 3.8) is 0 Å². The molecule has 0 aliphatic rings. The molecular weight excluding hydrogens is 436 g/mol. The van der Waals surface area contributed by atoms with Gasteiger partial charge in [0.25, 0.3) is 0 Å². The van der Waals surface area contributed by atoms with Crippen LogP contribution in [0.5, 0.6) is 0 Å². The van der Waals surface area contributed by atoms with Gasteiger partial charge in [-0.25, -0.2) is 0 Å². The van der Waals surface area contributed by atoms with Crippen molar-refractivity contribution in [3.05, 3.63) is 109 Å². The topological polar surface area (TPSA) is 74.3 Å². The number of amides is 2. The molecule has 3 aromatic carbocycles. The zero-order valence-corrected chi connectivity index (χ0v) is 19.7. The number of anilines is 5. The van der Waals surface area contributed by atoms with Crippen LogP contribution in [0.1, 0.15) is 12.5 Å². The minimum absolute atomic E-state index is 0.142. The molecule has 6 nitrogen and oxygen atoms in total. The lowest BCUT2D eigenvalue weighted by molar-refractivity contribution is -0.116. The van der Waals surface area contributed by atoms with E-state index in [2.05, 4.69) is 47.3 Å². The third kappa shape index (κ3) is 5.62. The molecule has 35 heavy (non-hydrogen) atoms. The van der Waals surface area contributed by atoms with Gasteiger partial charge in [-0.1, -0.05) is 54.6 Å². The van der Waals surface area contributed by atoms with Gasteiger partial charge in [-0.3, -0.25) is 19.5 Å². The summed E-state index contributed by atoms with van der Waals surface area (Å²) in [5, 5.41) is 6.09. The summed E-state index contributed by atoms with van der Waals surface area (Å²) in [5.74, 6) is -0.431. The maximum Gasteiger partial charge on any atom is 0.247 e. The Morgan fingerprint density at radius 2 is 1.66 bits per heavy atom. The standard InChI is InChI=1S/C29H26N4O2/c1-4-29(35)32-25-10-6-9-24(18-25)31-27-15-16-30-19-28(27)33(21(3)34)26-13-11-22(12-14-26)23-8-5-7-20(2)17-23/h4-19H,1H2,2-3H3,(H,30,31)(H,32,35). The van der Waals surface area contributed by atoms with E-state index in [1.807, 2.05) is 42.5 Å². The molecule has 0 radical (unpaired) electrons. The first-order chi connectivity index (χ1) is 16.9. The molecule has 4 rings (SSSR count). The van der Waals surface area contributed by atoms with Crippen molar-refractivity contribution in [1.29, 1.82) is 0 Å². The Bertz CT molecular complexity index is 1380. The number of carbonyl (C=O) groups is 2. The normalized spacial score (nSPS) is 10.3. The highest BCUT2D eigenvalue weighted by atomic mass is 16.2. The SMILES string of the molecule is C=CC(=O)Nc1cccc(Nc2ccncc2N(C(C)=O)c2ccc(-c3cccc(C)c3)cc2)c1. The first kappa shape index (κ1) is 23.4. The van der Waals surface area contributed by atoms with Crippen LogP contribution >= 0.6 is 0 Å². The molecule has 0 aliphatic carbocycles. The van der Waals surface area contributed by atoms with Gasteiger partial charge in [0, 0.05) is 30.2 Å². The highest BCUT2D eigenvalue weighted by Crippen LogP contribution is 2.35. The molecule has 0 spiro atoms. The lowest BCUT2D eigenvalue weighted by Crippen LogP contribution is -2.23. The van der Waals surface area contributed by atoms with Gasteiger partial charge in [0.15, 0.2) is 0 Å². The summed E-state index contributed by atoms with van der Waals surface area (Å²) in [7, 11) is 0. The van der Waals surface area contributed by atoms with Crippen LogP contribution in [0.4, 0.5) is 28.4 Å². The maximum atomic E-state index is 12.8. The Hall–Kier alpha value is -4.71. The summed E-state index contributed by atoms with van der Waals surface area (Å²) in [6, 6.07) is 25.3. The van der Waals surface area contributed by atoms with Crippen molar-refractivity contribution >= 4 is 40.3 Å². The third-order valence-corrected chi connectivity index (χ3v) is 5.43. The molecule has 0 saturated heterocycles. The zero-order valence-electron chi connectivity index (χ0n) is 19.7. The molecule has 0 fully saturated rings. The van der Waals surface area contributed by atoms with Crippen LogP contribution in [-0.4, -0.2) is 16.8 Å². The molecule has 0 bridgehead atoms. The van der Waals surface area contributed by atoms with Crippen molar-refractivity contribution < 1.29 is 9.59 Å². The summed E-state index contributed by atoms with van der Waals surface area (Å²) in [6.07, 6.45) is 4.53. The highest BCUT2D eigenvalue weighted by molar-refractivity contribution is 6.02.